The van der Waals surface area contributed by atoms with Gasteiger partial charge in [-0.3, -0.25) is 0 Å². The van der Waals surface area contributed by atoms with Crippen molar-refractivity contribution in [3.05, 3.63) is 28.2 Å². The fraction of sp³-hybridized carbons (Fsp3) is 0.455. The van der Waals surface area contributed by atoms with Crippen LogP contribution in [0.4, 0.5) is 0 Å². The van der Waals surface area contributed by atoms with Gasteiger partial charge in [-0.05, 0) is 37.1 Å². The Balaban J connectivity index is 2.21. The number of halogens is 1. The third-order valence-electron chi connectivity index (χ3n) is 2.69. The lowest BCUT2D eigenvalue weighted by Crippen LogP contribution is -2.35. The molecule has 4 nitrogen and oxygen atoms in total. The van der Waals surface area contributed by atoms with E-state index in [-0.39, 0.29) is 6.04 Å². The Labute approximate surface area is 110 Å². The van der Waals surface area contributed by atoms with E-state index >= 15 is 0 Å². The molecule has 1 aromatic rings. The third kappa shape index (κ3) is 3.07. The van der Waals surface area contributed by atoms with Crippen LogP contribution in [0.3, 0.4) is 0 Å². The molecule has 0 saturated carbocycles. The summed E-state index contributed by atoms with van der Waals surface area (Å²) < 4.78 is 32.8. The van der Waals surface area contributed by atoms with Gasteiger partial charge in [-0.15, -0.1) is 0 Å². The summed E-state index contributed by atoms with van der Waals surface area (Å²) in [5, 5.41) is 0. The van der Waals surface area contributed by atoms with Crippen molar-refractivity contribution < 1.29 is 13.2 Å². The Morgan fingerprint density at radius 2 is 2.24 bits per heavy atom. The van der Waals surface area contributed by atoms with Crippen LogP contribution in [0.1, 0.15) is 12.0 Å². The molecule has 1 atom stereocenters. The molecule has 1 aliphatic heterocycles. The predicted octanol–water partition coefficient (Wildman–Crippen LogP) is 1.82. The summed E-state index contributed by atoms with van der Waals surface area (Å²) in [4.78, 5) is 0.296. The molecule has 0 amide bonds. The van der Waals surface area contributed by atoms with Crippen LogP contribution in [0.15, 0.2) is 27.6 Å². The first kappa shape index (κ1) is 13.0. The highest BCUT2D eigenvalue weighted by Crippen LogP contribution is 2.20. The molecule has 0 radical (unpaired) electrons. The molecule has 0 bridgehead atoms. The highest BCUT2D eigenvalue weighted by molar-refractivity contribution is 9.10. The number of sulfonamides is 1. The number of ether oxygens (including phenoxy) is 1. The van der Waals surface area contributed by atoms with Crippen LogP contribution in [0.5, 0.6) is 0 Å². The van der Waals surface area contributed by atoms with E-state index < -0.39 is 10.0 Å². The van der Waals surface area contributed by atoms with Crippen LogP contribution < -0.4 is 4.72 Å². The Morgan fingerprint density at radius 1 is 1.47 bits per heavy atom. The van der Waals surface area contributed by atoms with E-state index in [1.54, 1.807) is 18.2 Å². The number of benzene rings is 1. The SMILES string of the molecule is Cc1cc(S(=O)(=O)NC2CCOC2)ccc1Br. The Bertz CT molecular complexity index is 509. The van der Waals surface area contributed by atoms with Gasteiger partial charge in [0.15, 0.2) is 0 Å². The highest BCUT2D eigenvalue weighted by atomic mass is 79.9. The summed E-state index contributed by atoms with van der Waals surface area (Å²) in [7, 11) is -3.43. The number of nitrogens with one attached hydrogen (secondary N) is 1. The van der Waals surface area contributed by atoms with Crippen molar-refractivity contribution in [3.8, 4) is 0 Å². The molecule has 1 aliphatic rings. The van der Waals surface area contributed by atoms with Crippen LogP contribution in [0, 0.1) is 6.92 Å². The minimum absolute atomic E-state index is 0.107. The van der Waals surface area contributed by atoms with Gasteiger partial charge >= 0.3 is 0 Å². The molecular formula is C11H14BrNO3S. The normalized spacial score (nSPS) is 20.7. The van der Waals surface area contributed by atoms with Gasteiger partial charge in [0.1, 0.15) is 0 Å². The van der Waals surface area contributed by atoms with Crippen molar-refractivity contribution >= 4 is 26.0 Å². The zero-order chi connectivity index (χ0) is 12.5. The maximum atomic E-state index is 12.1. The molecule has 94 valence electrons. The van der Waals surface area contributed by atoms with E-state index in [2.05, 4.69) is 20.7 Å². The standard InChI is InChI=1S/C11H14BrNO3S/c1-8-6-10(2-3-11(8)12)17(14,15)13-9-4-5-16-7-9/h2-3,6,9,13H,4-5,7H2,1H3. The first-order valence-electron chi connectivity index (χ1n) is 5.35. The summed E-state index contributed by atoms with van der Waals surface area (Å²) >= 11 is 3.35. The molecule has 0 aromatic heterocycles. The summed E-state index contributed by atoms with van der Waals surface area (Å²) in [5.41, 5.74) is 0.899. The van der Waals surface area contributed by atoms with Gasteiger partial charge in [0.2, 0.25) is 10.0 Å². The highest BCUT2D eigenvalue weighted by Gasteiger charge is 2.23. The van der Waals surface area contributed by atoms with Crippen molar-refractivity contribution in [3.63, 3.8) is 0 Å². The van der Waals surface area contributed by atoms with E-state index in [0.717, 1.165) is 16.5 Å². The molecule has 0 spiro atoms. The van der Waals surface area contributed by atoms with Crippen molar-refractivity contribution in [1.82, 2.24) is 4.72 Å². The topological polar surface area (TPSA) is 55.4 Å². The molecule has 2 rings (SSSR count). The molecule has 1 aromatic carbocycles. The first-order valence-corrected chi connectivity index (χ1v) is 7.63. The zero-order valence-corrected chi connectivity index (χ0v) is 11.8. The maximum Gasteiger partial charge on any atom is 0.240 e. The minimum Gasteiger partial charge on any atom is -0.380 e. The van der Waals surface area contributed by atoms with Gasteiger partial charge in [-0.25, -0.2) is 13.1 Å². The smallest absolute Gasteiger partial charge is 0.240 e. The summed E-state index contributed by atoms with van der Waals surface area (Å²) in [5.74, 6) is 0. The van der Waals surface area contributed by atoms with Crippen molar-refractivity contribution in [2.75, 3.05) is 13.2 Å². The summed E-state index contributed by atoms with van der Waals surface area (Å²) in [6, 6.07) is 4.89. The lowest BCUT2D eigenvalue weighted by molar-refractivity contribution is 0.192. The van der Waals surface area contributed by atoms with Crippen LogP contribution in [-0.2, 0) is 14.8 Å². The van der Waals surface area contributed by atoms with Gasteiger partial charge in [-0.2, -0.15) is 0 Å². The van der Waals surface area contributed by atoms with E-state index in [4.69, 9.17) is 4.74 Å². The Morgan fingerprint density at radius 3 is 2.82 bits per heavy atom. The number of rotatable bonds is 3. The largest absolute Gasteiger partial charge is 0.380 e. The van der Waals surface area contributed by atoms with E-state index in [9.17, 15) is 8.42 Å². The molecule has 1 fully saturated rings. The lowest BCUT2D eigenvalue weighted by atomic mass is 10.2. The fourth-order valence-electron chi connectivity index (χ4n) is 1.70. The maximum absolute atomic E-state index is 12.1. The van der Waals surface area contributed by atoms with Crippen molar-refractivity contribution in [2.24, 2.45) is 0 Å². The predicted molar refractivity (Wildman–Crippen MR) is 68.4 cm³/mol. The fourth-order valence-corrected chi connectivity index (χ4v) is 3.29. The van der Waals surface area contributed by atoms with Crippen molar-refractivity contribution in [1.29, 1.82) is 0 Å². The molecule has 17 heavy (non-hydrogen) atoms. The number of hydrogen-bond donors (Lipinski definition) is 1. The average Bonchev–Trinajstić information content (AvgIpc) is 2.73. The van der Waals surface area contributed by atoms with E-state index in [1.165, 1.54) is 0 Å². The molecule has 1 heterocycles. The van der Waals surface area contributed by atoms with Crippen LogP contribution in [-0.4, -0.2) is 27.7 Å². The molecule has 0 aliphatic carbocycles. The van der Waals surface area contributed by atoms with Crippen LogP contribution in [0.2, 0.25) is 0 Å². The first-order chi connectivity index (χ1) is 7.99. The second-order valence-corrected chi connectivity index (χ2v) is 6.66. The molecular weight excluding hydrogens is 306 g/mol. The van der Waals surface area contributed by atoms with Gasteiger partial charge in [0.25, 0.3) is 0 Å². The minimum atomic E-state index is -3.43. The number of aryl methyl sites for hydroxylation is 1. The summed E-state index contributed by atoms with van der Waals surface area (Å²) in [6.07, 6.45) is 0.731. The van der Waals surface area contributed by atoms with Gasteiger partial charge < -0.3 is 4.74 Å². The van der Waals surface area contributed by atoms with Gasteiger partial charge in [0.05, 0.1) is 11.5 Å². The second-order valence-electron chi connectivity index (χ2n) is 4.09. The monoisotopic (exact) mass is 319 g/mol. The second kappa shape index (κ2) is 5.06. The van der Waals surface area contributed by atoms with Crippen LogP contribution in [0.25, 0.3) is 0 Å². The molecule has 1 N–H and O–H groups in total. The van der Waals surface area contributed by atoms with Gasteiger partial charge in [0, 0.05) is 17.1 Å². The molecule has 1 unspecified atom stereocenters. The lowest BCUT2D eigenvalue weighted by Gasteiger charge is -2.12. The summed E-state index contributed by atoms with van der Waals surface area (Å²) in [6.45, 7) is 2.93. The van der Waals surface area contributed by atoms with Crippen LogP contribution >= 0.6 is 15.9 Å². The molecule has 1 saturated heterocycles. The average molecular weight is 320 g/mol. The number of hydrogen-bond acceptors (Lipinski definition) is 3. The third-order valence-corrected chi connectivity index (χ3v) is 5.10. The zero-order valence-electron chi connectivity index (χ0n) is 9.44. The van der Waals surface area contributed by atoms with Gasteiger partial charge in [-0.1, -0.05) is 15.9 Å². The Kier molecular flexibility index (Phi) is 3.87. The molecule has 6 heteroatoms. The quantitative estimate of drug-likeness (QED) is 0.924. The Hall–Kier alpha value is -0.430. The van der Waals surface area contributed by atoms with Crippen molar-refractivity contribution in [2.45, 2.75) is 24.3 Å². The van der Waals surface area contributed by atoms with E-state index in [0.29, 0.717) is 18.1 Å². The van der Waals surface area contributed by atoms with E-state index in [1.807, 2.05) is 6.92 Å².